The minimum Gasteiger partial charge on any atom is -0.510 e. The lowest BCUT2D eigenvalue weighted by Crippen LogP contribution is -2.51. The summed E-state index contributed by atoms with van der Waals surface area (Å²) in [6.45, 7) is -0.0453. The molecule has 4 N–H and O–H groups in total. The molecule has 0 aliphatic heterocycles. The fourth-order valence-corrected chi connectivity index (χ4v) is 7.06. The van der Waals surface area contributed by atoms with Crippen LogP contribution in [0.25, 0.3) is 22.3 Å². The molecule has 16 heteroatoms. The number of pyridine rings is 1. The molecule has 7 rings (SSSR count). The zero-order valence-corrected chi connectivity index (χ0v) is 23.9. The maximum atomic E-state index is 13.6. The molecular formula is C28H17BrN6O9. The van der Waals surface area contributed by atoms with E-state index in [9.17, 15) is 39.3 Å². The molecule has 0 radical (unpaired) electrons. The Hall–Kier alpha value is -5.51. The van der Waals surface area contributed by atoms with Gasteiger partial charge in [0.25, 0.3) is 5.56 Å². The highest BCUT2D eigenvalue weighted by Crippen LogP contribution is 2.56. The molecule has 2 heterocycles. The Bertz CT molecular complexity index is 2630. The van der Waals surface area contributed by atoms with Crippen molar-refractivity contribution < 1.29 is 20.1 Å². The van der Waals surface area contributed by atoms with E-state index in [1.54, 1.807) is 6.07 Å². The Balaban J connectivity index is 1.51. The predicted molar refractivity (Wildman–Crippen MR) is 155 cm³/mol. The van der Waals surface area contributed by atoms with Gasteiger partial charge in [-0.25, -0.2) is 0 Å². The van der Waals surface area contributed by atoms with Crippen molar-refractivity contribution in [3.8, 4) is 11.5 Å². The molecule has 0 unspecified atom stereocenters. The summed E-state index contributed by atoms with van der Waals surface area (Å²) in [5, 5.41) is 47.2. The van der Waals surface area contributed by atoms with Crippen molar-refractivity contribution in [3.05, 3.63) is 118 Å². The van der Waals surface area contributed by atoms with Crippen LogP contribution in [0.4, 0.5) is 0 Å². The maximum absolute atomic E-state index is 13.6. The number of rotatable bonds is 4. The molecule has 0 bridgehead atoms. The number of hydrogen-bond donors (Lipinski definition) is 4. The summed E-state index contributed by atoms with van der Waals surface area (Å²) in [6.07, 6.45) is 2.64. The number of aromatic hydroxyl groups is 1. The van der Waals surface area contributed by atoms with Crippen LogP contribution in [0.2, 0.25) is 0 Å². The van der Waals surface area contributed by atoms with E-state index in [0.29, 0.717) is 21.1 Å². The zero-order valence-electron chi connectivity index (χ0n) is 22.3. The lowest BCUT2D eigenvalue weighted by atomic mass is 9.78. The first-order valence-electron chi connectivity index (χ1n) is 12.9. The second kappa shape index (κ2) is 9.24. The summed E-state index contributed by atoms with van der Waals surface area (Å²) in [7, 11) is 1.12. The summed E-state index contributed by atoms with van der Waals surface area (Å²) < 4.78 is 6.52. The summed E-state index contributed by atoms with van der Waals surface area (Å²) in [5.41, 5.74) is -6.36. The number of methoxy groups -OCH3 is 1. The quantitative estimate of drug-likeness (QED) is 0.176. The van der Waals surface area contributed by atoms with Crippen LogP contribution in [0.3, 0.4) is 0 Å². The summed E-state index contributed by atoms with van der Waals surface area (Å²) in [4.78, 5) is 68.9. The molecule has 4 aliphatic carbocycles. The van der Waals surface area contributed by atoms with E-state index in [1.165, 1.54) is 17.3 Å². The summed E-state index contributed by atoms with van der Waals surface area (Å²) >= 11 is 3.50. The van der Waals surface area contributed by atoms with E-state index in [2.05, 4.69) is 41.4 Å². The number of aromatic amines is 1. The number of phenolic OH excluding ortho intramolecular Hbond substituents is 1. The predicted octanol–water partition coefficient (Wildman–Crippen LogP) is -0.717. The number of aliphatic hydroxyl groups is 2. The third-order valence-electron chi connectivity index (χ3n) is 8.23. The van der Waals surface area contributed by atoms with Gasteiger partial charge >= 0.3 is 0 Å². The molecule has 0 saturated carbocycles. The average Bonchev–Trinajstić information content (AvgIpc) is 3.71. The minimum atomic E-state index is -2.01. The molecule has 0 saturated heterocycles. The SMILES string of the molecule is COc1cc(=O)c2c(=O)c3c(c(=O)c=2c1=O)=C(O)[C@]1(CCc2c1c(O)c1c(=O)[nH]c(CN=Nn4cnnc4)cc1c2Br)C=3O. The molecule has 1 aromatic carbocycles. The second-order valence-electron chi connectivity index (χ2n) is 10.3. The standard InChI is InChI=1S/C28H17BrN6O9/c1-44-13-5-12(36)15-16(21(13)37)23(39)18-17(22(15)38)25(41)28(26(18)42)3-2-10-19(28)24(40)14-11(20(10)29)4-9(33-27(14)43)6-30-34-35-7-31-32-8-35/h4-5,7-8,40-42H,2-3,6H2,1H3,(H,33,43)/t28-/m0/s1. The van der Waals surface area contributed by atoms with E-state index in [1.807, 2.05) is 0 Å². The van der Waals surface area contributed by atoms with Crippen molar-refractivity contribution >= 4 is 38.2 Å². The van der Waals surface area contributed by atoms with Gasteiger partial charge in [0.15, 0.2) is 11.2 Å². The number of H-pyrrole nitrogens is 1. The Kier molecular flexibility index (Phi) is 5.74. The van der Waals surface area contributed by atoms with Crippen LogP contribution in [-0.2, 0) is 18.4 Å². The second-order valence-corrected chi connectivity index (χ2v) is 11.1. The largest absolute Gasteiger partial charge is 0.510 e. The van der Waals surface area contributed by atoms with Crippen LogP contribution in [0.5, 0.6) is 11.5 Å². The number of nitrogens with zero attached hydrogens (tertiary/aromatic N) is 5. The molecule has 4 aliphatic rings. The third kappa shape index (κ3) is 3.33. The summed E-state index contributed by atoms with van der Waals surface area (Å²) in [5.74, 6) is -2.62. The van der Waals surface area contributed by atoms with Gasteiger partial charge in [-0.15, -0.1) is 10.2 Å². The van der Waals surface area contributed by atoms with Gasteiger partial charge in [-0.2, -0.15) is 9.79 Å². The lowest BCUT2D eigenvalue weighted by Gasteiger charge is -2.27. The molecule has 0 amide bonds. The van der Waals surface area contributed by atoms with Crippen molar-refractivity contribution in [2.24, 2.45) is 10.3 Å². The van der Waals surface area contributed by atoms with Crippen molar-refractivity contribution in [1.29, 1.82) is 0 Å². The number of hydrogen-bond acceptors (Lipinski definition) is 13. The number of aromatic nitrogens is 4. The lowest BCUT2D eigenvalue weighted by molar-refractivity contribution is 0.362. The fraction of sp³-hybridized carbons (Fsp3) is 0.179. The molecule has 0 fully saturated rings. The first kappa shape index (κ1) is 27.3. The molecule has 220 valence electrons. The van der Waals surface area contributed by atoms with Crippen LogP contribution in [0, 0.1) is 10.4 Å². The molecular weight excluding hydrogens is 644 g/mol. The van der Waals surface area contributed by atoms with Gasteiger partial charge in [-0.05, 0) is 40.4 Å². The number of aliphatic hydroxyl groups excluding tert-OH is 2. The Labute approximate surface area is 249 Å². The molecule has 3 aromatic rings. The normalized spacial score (nSPS) is 17.4. The van der Waals surface area contributed by atoms with Gasteiger partial charge in [0.2, 0.25) is 16.3 Å². The van der Waals surface area contributed by atoms with Crippen LogP contribution < -0.4 is 42.4 Å². The number of benzene rings is 1. The van der Waals surface area contributed by atoms with E-state index < -0.39 is 76.6 Å². The smallest absolute Gasteiger partial charge is 0.259 e. The van der Waals surface area contributed by atoms with Gasteiger partial charge < -0.3 is 25.0 Å². The van der Waals surface area contributed by atoms with Crippen molar-refractivity contribution in [3.63, 3.8) is 0 Å². The van der Waals surface area contributed by atoms with Gasteiger partial charge in [0.05, 0.1) is 33.4 Å². The van der Waals surface area contributed by atoms with E-state index >= 15 is 0 Å². The average molecular weight is 661 g/mol. The van der Waals surface area contributed by atoms with Crippen molar-refractivity contribution in [1.82, 2.24) is 19.9 Å². The molecule has 2 aromatic heterocycles. The zero-order chi connectivity index (χ0) is 31.2. The van der Waals surface area contributed by atoms with Crippen molar-refractivity contribution in [2.75, 3.05) is 7.11 Å². The Morgan fingerprint density at radius 1 is 0.977 bits per heavy atom. The maximum Gasteiger partial charge on any atom is 0.259 e. The van der Waals surface area contributed by atoms with Gasteiger partial charge in [0.1, 0.15) is 41.9 Å². The third-order valence-corrected chi connectivity index (χ3v) is 9.13. The van der Waals surface area contributed by atoms with Crippen molar-refractivity contribution in [2.45, 2.75) is 24.8 Å². The Morgan fingerprint density at radius 3 is 2.30 bits per heavy atom. The highest BCUT2D eigenvalue weighted by molar-refractivity contribution is 9.10. The monoisotopic (exact) mass is 660 g/mol. The first-order chi connectivity index (χ1) is 21.0. The van der Waals surface area contributed by atoms with Gasteiger partial charge in [0, 0.05) is 27.2 Å². The van der Waals surface area contributed by atoms with E-state index in [-0.39, 0.29) is 30.3 Å². The van der Waals surface area contributed by atoms with Crippen LogP contribution >= 0.6 is 15.9 Å². The molecule has 1 atom stereocenters. The van der Waals surface area contributed by atoms with Crippen LogP contribution in [0.1, 0.15) is 23.2 Å². The van der Waals surface area contributed by atoms with Gasteiger partial charge in [-0.1, -0.05) is 5.22 Å². The van der Waals surface area contributed by atoms with Crippen LogP contribution in [0.15, 0.2) is 63.6 Å². The fourth-order valence-electron chi connectivity index (χ4n) is 6.35. The summed E-state index contributed by atoms with van der Waals surface area (Å²) in [6, 6.07) is 2.35. The number of phenols is 1. The Morgan fingerprint density at radius 2 is 1.64 bits per heavy atom. The number of ether oxygens (including phenoxy) is 1. The molecule has 44 heavy (non-hydrogen) atoms. The number of nitrogens with one attached hydrogen (secondary N) is 1. The first-order valence-corrected chi connectivity index (χ1v) is 13.7. The van der Waals surface area contributed by atoms with Gasteiger partial charge in [-0.3, -0.25) is 24.0 Å². The topological polar surface area (TPSA) is 226 Å². The van der Waals surface area contributed by atoms with E-state index in [4.69, 9.17) is 4.74 Å². The minimum absolute atomic E-state index is 0.0453. The van der Waals surface area contributed by atoms with Crippen LogP contribution in [-0.4, -0.2) is 42.3 Å². The van der Waals surface area contributed by atoms with E-state index in [0.717, 1.165) is 13.2 Å². The number of halogens is 1. The highest BCUT2D eigenvalue weighted by atomic mass is 79.9. The molecule has 1 spiro atoms. The highest BCUT2D eigenvalue weighted by Gasteiger charge is 2.53. The molecule has 15 nitrogen and oxygen atoms in total. The number of fused-ring (bicyclic) bond motifs is 4.